The van der Waals surface area contributed by atoms with E-state index in [1.807, 2.05) is 24.3 Å². The molecule has 25 heavy (non-hydrogen) atoms. The van der Waals surface area contributed by atoms with E-state index in [9.17, 15) is 0 Å². The number of benzene rings is 1. The van der Waals surface area contributed by atoms with Gasteiger partial charge in [0.25, 0.3) is 0 Å². The topological polar surface area (TPSA) is 54.6 Å². The number of ether oxygens (including phenoxy) is 1. The molecule has 2 aliphatic heterocycles. The molecule has 2 saturated heterocycles. The normalized spacial score (nSPS) is 22.4. The van der Waals surface area contributed by atoms with Gasteiger partial charge < -0.3 is 9.26 Å². The van der Waals surface area contributed by atoms with Crippen LogP contribution in [0.15, 0.2) is 28.8 Å². The highest BCUT2D eigenvalue weighted by molar-refractivity contribution is 5.55. The number of piperidine rings is 1. The van der Waals surface area contributed by atoms with Gasteiger partial charge in [0, 0.05) is 18.2 Å². The Morgan fingerprint density at radius 2 is 1.92 bits per heavy atom. The van der Waals surface area contributed by atoms with Crippen molar-refractivity contribution in [2.45, 2.75) is 38.3 Å². The molecule has 0 N–H and O–H groups in total. The second-order valence-corrected chi connectivity index (χ2v) is 7.01. The first kappa shape index (κ1) is 16.5. The van der Waals surface area contributed by atoms with Crippen molar-refractivity contribution < 1.29 is 9.26 Å². The Morgan fingerprint density at radius 1 is 1.12 bits per heavy atom. The zero-order chi connectivity index (χ0) is 17.1. The van der Waals surface area contributed by atoms with Crippen LogP contribution in [0.1, 0.15) is 31.6 Å². The van der Waals surface area contributed by atoms with Crippen molar-refractivity contribution in [3.63, 3.8) is 0 Å². The molecule has 134 valence electrons. The summed E-state index contributed by atoms with van der Waals surface area (Å²) in [6, 6.07) is 8.43. The second kappa shape index (κ2) is 7.54. The van der Waals surface area contributed by atoms with Crippen LogP contribution in [0.5, 0.6) is 5.75 Å². The minimum absolute atomic E-state index is 0.644. The Morgan fingerprint density at radius 3 is 2.68 bits per heavy atom. The molecule has 4 rings (SSSR count). The largest absolute Gasteiger partial charge is 0.497 e. The summed E-state index contributed by atoms with van der Waals surface area (Å²) in [6.07, 6.45) is 5.27. The van der Waals surface area contributed by atoms with Gasteiger partial charge >= 0.3 is 0 Å². The summed E-state index contributed by atoms with van der Waals surface area (Å²) < 4.78 is 10.7. The van der Waals surface area contributed by atoms with Gasteiger partial charge in [-0.1, -0.05) is 5.16 Å². The lowest BCUT2D eigenvalue weighted by Crippen LogP contribution is -2.46. The molecule has 3 heterocycles. The molecule has 1 atom stereocenters. The van der Waals surface area contributed by atoms with E-state index in [-0.39, 0.29) is 0 Å². The number of likely N-dealkylation sites (tertiary alicyclic amines) is 2. The van der Waals surface area contributed by atoms with E-state index in [2.05, 4.69) is 19.9 Å². The van der Waals surface area contributed by atoms with Gasteiger partial charge in [-0.25, -0.2) is 0 Å². The highest BCUT2D eigenvalue weighted by Crippen LogP contribution is 2.23. The molecule has 0 aliphatic carbocycles. The molecule has 1 aromatic carbocycles. The Hall–Kier alpha value is -1.92. The van der Waals surface area contributed by atoms with E-state index < -0.39 is 0 Å². The predicted octanol–water partition coefficient (Wildman–Crippen LogP) is 2.81. The minimum atomic E-state index is 0.644. The van der Waals surface area contributed by atoms with E-state index in [0.29, 0.717) is 17.8 Å². The van der Waals surface area contributed by atoms with Gasteiger partial charge in [0.1, 0.15) is 5.75 Å². The molecule has 1 unspecified atom stereocenters. The van der Waals surface area contributed by atoms with Crippen LogP contribution in [0.2, 0.25) is 0 Å². The van der Waals surface area contributed by atoms with Crippen LogP contribution < -0.4 is 4.74 Å². The fourth-order valence-corrected chi connectivity index (χ4v) is 3.95. The predicted molar refractivity (Wildman–Crippen MR) is 95.4 cm³/mol. The van der Waals surface area contributed by atoms with Crippen molar-refractivity contribution in [3.8, 4) is 17.1 Å². The summed E-state index contributed by atoms with van der Waals surface area (Å²) in [6.45, 7) is 5.50. The van der Waals surface area contributed by atoms with Crippen molar-refractivity contribution in [1.82, 2.24) is 19.9 Å². The number of aromatic nitrogens is 2. The van der Waals surface area contributed by atoms with Crippen molar-refractivity contribution >= 4 is 0 Å². The van der Waals surface area contributed by atoms with Crippen LogP contribution >= 0.6 is 0 Å². The first-order chi connectivity index (χ1) is 12.3. The molecule has 0 spiro atoms. The molecule has 0 amide bonds. The fraction of sp³-hybridized carbons (Fsp3) is 0.579. The Labute approximate surface area is 148 Å². The first-order valence-corrected chi connectivity index (χ1v) is 9.25. The van der Waals surface area contributed by atoms with Gasteiger partial charge in [-0.15, -0.1) is 0 Å². The molecule has 0 bridgehead atoms. The molecule has 0 saturated carbocycles. The first-order valence-electron chi connectivity index (χ1n) is 9.25. The van der Waals surface area contributed by atoms with Gasteiger partial charge in [0.05, 0.1) is 13.7 Å². The lowest BCUT2D eigenvalue weighted by atomic mass is 10.0. The number of methoxy groups -OCH3 is 1. The minimum Gasteiger partial charge on any atom is -0.497 e. The smallest absolute Gasteiger partial charge is 0.241 e. The van der Waals surface area contributed by atoms with Gasteiger partial charge in [0.15, 0.2) is 0 Å². The third-order valence-corrected chi connectivity index (χ3v) is 5.31. The molecule has 0 radical (unpaired) electrons. The van der Waals surface area contributed by atoms with Crippen LogP contribution in [0.3, 0.4) is 0 Å². The number of rotatable bonds is 5. The van der Waals surface area contributed by atoms with Crippen molar-refractivity contribution in [2.24, 2.45) is 0 Å². The van der Waals surface area contributed by atoms with E-state index in [0.717, 1.165) is 30.9 Å². The summed E-state index contributed by atoms with van der Waals surface area (Å²) >= 11 is 0. The van der Waals surface area contributed by atoms with Gasteiger partial charge in [-0.05, 0) is 69.6 Å². The molecule has 2 fully saturated rings. The molecule has 2 aliphatic rings. The maximum Gasteiger partial charge on any atom is 0.241 e. The maximum absolute atomic E-state index is 5.49. The number of hydrogen-bond donors (Lipinski definition) is 0. The second-order valence-electron chi connectivity index (χ2n) is 7.01. The third kappa shape index (κ3) is 3.85. The van der Waals surface area contributed by atoms with E-state index in [1.54, 1.807) is 7.11 Å². The summed E-state index contributed by atoms with van der Waals surface area (Å²) in [4.78, 5) is 9.69. The van der Waals surface area contributed by atoms with Crippen molar-refractivity contribution in [2.75, 3.05) is 33.3 Å². The summed E-state index contributed by atoms with van der Waals surface area (Å²) in [5.41, 5.74) is 0.949. The van der Waals surface area contributed by atoms with Gasteiger partial charge in [0.2, 0.25) is 11.7 Å². The summed E-state index contributed by atoms with van der Waals surface area (Å²) in [5.74, 6) is 2.17. The standard InChI is InChI=1S/C19H26N4O2/c1-24-17-8-6-15(7-9-17)19-20-18(25-21-19)14-22-10-4-5-16(13-22)23-11-2-3-12-23/h6-9,16H,2-5,10-14H2,1H3. The zero-order valence-corrected chi connectivity index (χ0v) is 14.9. The van der Waals surface area contributed by atoms with Gasteiger partial charge in [-0.2, -0.15) is 4.98 Å². The lowest BCUT2D eigenvalue weighted by Gasteiger charge is -2.36. The van der Waals surface area contributed by atoms with E-state index in [1.165, 1.54) is 38.8 Å². The quantitative estimate of drug-likeness (QED) is 0.833. The number of hydrogen-bond acceptors (Lipinski definition) is 6. The molecule has 1 aromatic heterocycles. The highest BCUT2D eigenvalue weighted by atomic mass is 16.5. The zero-order valence-electron chi connectivity index (χ0n) is 14.9. The average Bonchev–Trinajstić information content (AvgIpc) is 3.34. The average molecular weight is 342 g/mol. The third-order valence-electron chi connectivity index (χ3n) is 5.31. The lowest BCUT2D eigenvalue weighted by molar-refractivity contribution is 0.102. The molecule has 6 heteroatoms. The van der Waals surface area contributed by atoms with Crippen LogP contribution in [0, 0.1) is 0 Å². The number of nitrogens with zero attached hydrogens (tertiary/aromatic N) is 4. The van der Waals surface area contributed by atoms with Gasteiger partial charge in [-0.3, -0.25) is 9.80 Å². The molecule has 6 nitrogen and oxygen atoms in total. The monoisotopic (exact) mass is 342 g/mol. The molecule has 2 aromatic rings. The highest BCUT2D eigenvalue weighted by Gasteiger charge is 2.27. The van der Waals surface area contributed by atoms with E-state index in [4.69, 9.17) is 9.26 Å². The van der Waals surface area contributed by atoms with Crippen LogP contribution in [-0.2, 0) is 6.54 Å². The molecular formula is C19H26N4O2. The van der Waals surface area contributed by atoms with Crippen LogP contribution in [-0.4, -0.2) is 59.3 Å². The fourth-order valence-electron chi connectivity index (χ4n) is 3.95. The van der Waals surface area contributed by atoms with E-state index >= 15 is 0 Å². The van der Waals surface area contributed by atoms with Crippen LogP contribution in [0.25, 0.3) is 11.4 Å². The van der Waals surface area contributed by atoms with Crippen molar-refractivity contribution in [3.05, 3.63) is 30.2 Å². The Bertz CT molecular complexity index is 679. The van der Waals surface area contributed by atoms with Crippen molar-refractivity contribution in [1.29, 1.82) is 0 Å². The Kier molecular flexibility index (Phi) is 4.99. The maximum atomic E-state index is 5.49. The van der Waals surface area contributed by atoms with Crippen LogP contribution in [0.4, 0.5) is 0 Å². The molecular weight excluding hydrogens is 316 g/mol. The Balaban J connectivity index is 1.38. The summed E-state index contributed by atoms with van der Waals surface area (Å²) in [5, 5.41) is 4.14. The SMILES string of the molecule is COc1ccc(-c2noc(CN3CCCC(N4CCCC4)C3)n2)cc1. The summed E-state index contributed by atoms with van der Waals surface area (Å²) in [7, 11) is 1.66.